The van der Waals surface area contributed by atoms with Gasteiger partial charge in [0.1, 0.15) is 5.82 Å². The molecule has 29 heavy (non-hydrogen) atoms. The number of rotatable bonds is 8. The minimum Gasteiger partial charge on any atom is -0.338 e. The number of alkyl halides is 3. The Morgan fingerprint density at radius 2 is 2.03 bits per heavy atom. The Morgan fingerprint density at radius 3 is 2.66 bits per heavy atom. The number of hydrogen-bond acceptors (Lipinski definition) is 4. The molecule has 0 saturated carbocycles. The van der Waals surface area contributed by atoms with Crippen LogP contribution >= 0.6 is 23.4 Å². The minimum absolute atomic E-state index is 0.0144. The minimum atomic E-state index is -4.59. The second kappa shape index (κ2) is 10.2. The van der Waals surface area contributed by atoms with E-state index in [1.54, 1.807) is 0 Å². The van der Waals surface area contributed by atoms with Crippen molar-refractivity contribution in [1.29, 1.82) is 0 Å². The average Bonchev–Trinajstić information content (AvgIpc) is 3.00. The first-order valence-electron chi connectivity index (χ1n) is 8.99. The van der Waals surface area contributed by atoms with Gasteiger partial charge in [0.25, 0.3) is 0 Å². The van der Waals surface area contributed by atoms with Gasteiger partial charge < -0.3 is 15.2 Å². The fraction of sp³-hybridized carbons (Fsp3) is 0.500. The lowest BCUT2D eigenvalue weighted by atomic mass is 10.2. The van der Waals surface area contributed by atoms with Gasteiger partial charge >= 0.3 is 12.2 Å². The van der Waals surface area contributed by atoms with E-state index in [4.69, 9.17) is 11.6 Å². The van der Waals surface area contributed by atoms with Crippen molar-refractivity contribution in [1.82, 2.24) is 20.1 Å². The van der Waals surface area contributed by atoms with Gasteiger partial charge in [0.2, 0.25) is 0 Å². The highest BCUT2D eigenvalue weighted by Crippen LogP contribution is 2.36. The molecule has 0 bridgehead atoms. The molecule has 0 aliphatic rings. The fourth-order valence-electron chi connectivity index (χ4n) is 2.65. The standard InChI is InChI=1S/C18H23ClF3N5OS/c1-11(2)10-27-15(25-26-17(27)29-3)5-4-8-23-16(28)24-12-6-7-14(19)13(9-12)18(20,21)22/h6-7,9,11H,4-5,8,10H2,1-3H3,(H2,23,24,28). The molecular formula is C18H23ClF3N5OS. The molecule has 2 amide bonds. The number of nitrogens with zero attached hydrogens (tertiary/aromatic N) is 3. The summed E-state index contributed by atoms with van der Waals surface area (Å²) in [7, 11) is 0. The number of halogens is 4. The predicted octanol–water partition coefficient (Wildman–Crippen LogP) is 5.08. The van der Waals surface area contributed by atoms with Crippen molar-refractivity contribution < 1.29 is 18.0 Å². The third-order valence-electron chi connectivity index (χ3n) is 3.92. The first kappa shape index (κ1) is 23.3. The van der Waals surface area contributed by atoms with Crippen LogP contribution in [0.1, 0.15) is 31.7 Å². The molecule has 11 heteroatoms. The number of thioether (sulfide) groups is 1. The molecule has 0 aliphatic carbocycles. The van der Waals surface area contributed by atoms with Gasteiger partial charge in [-0.2, -0.15) is 13.2 Å². The van der Waals surface area contributed by atoms with Crippen LogP contribution in [0.5, 0.6) is 0 Å². The molecule has 0 spiro atoms. The molecule has 0 radical (unpaired) electrons. The van der Waals surface area contributed by atoms with Crippen LogP contribution in [0.4, 0.5) is 23.7 Å². The Kier molecular flexibility index (Phi) is 8.21. The first-order valence-corrected chi connectivity index (χ1v) is 10.6. The highest BCUT2D eigenvalue weighted by atomic mass is 35.5. The third kappa shape index (κ3) is 6.81. The smallest absolute Gasteiger partial charge is 0.338 e. The molecular weight excluding hydrogens is 427 g/mol. The highest BCUT2D eigenvalue weighted by Gasteiger charge is 2.33. The molecule has 1 heterocycles. The molecule has 2 rings (SSSR count). The number of anilines is 1. The number of hydrogen-bond donors (Lipinski definition) is 2. The van der Waals surface area contributed by atoms with E-state index >= 15 is 0 Å². The van der Waals surface area contributed by atoms with E-state index in [9.17, 15) is 18.0 Å². The summed E-state index contributed by atoms with van der Waals surface area (Å²) < 4.78 is 40.7. The van der Waals surface area contributed by atoms with Gasteiger partial charge in [-0.3, -0.25) is 0 Å². The molecule has 0 unspecified atom stereocenters. The lowest BCUT2D eigenvalue weighted by molar-refractivity contribution is -0.137. The number of amides is 2. The largest absolute Gasteiger partial charge is 0.417 e. The zero-order valence-electron chi connectivity index (χ0n) is 16.3. The maximum Gasteiger partial charge on any atom is 0.417 e. The van der Waals surface area contributed by atoms with Crippen molar-refractivity contribution in [3.8, 4) is 0 Å². The summed E-state index contributed by atoms with van der Waals surface area (Å²) in [5.74, 6) is 1.29. The maximum atomic E-state index is 12.9. The van der Waals surface area contributed by atoms with Crippen molar-refractivity contribution in [3.63, 3.8) is 0 Å². The Hall–Kier alpha value is -1.94. The number of aryl methyl sites for hydroxylation is 1. The monoisotopic (exact) mass is 449 g/mol. The van der Waals surface area contributed by atoms with Gasteiger partial charge in [0.05, 0.1) is 10.6 Å². The van der Waals surface area contributed by atoms with Crippen LogP contribution in [0.2, 0.25) is 5.02 Å². The Labute approximate surface area is 176 Å². The fourth-order valence-corrected chi connectivity index (χ4v) is 3.39. The Bertz CT molecular complexity index is 841. The summed E-state index contributed by atoms with van der Waals surface area (Å²) in [6.45, 7) is 5.38. The van der Waals surface area contributed by atoms with E-state index in [0.717, 1.165) is 29.7 Å². The summed E-state index contributed by atoms with van der Waals surface area (Å²) in [6.07, 6.45) is -1.41. The van der Waals surface area contributed by atoms with Crippen LogP contribution in [0.25, 0.3) is 0 Å². The zero-order valence-corrected chi connectivity index (χ0v) is 17.9. The number of nitrogens with one attached hydrogen (secondary N) is 2. The van der Waals surface area contributed by atoms with Gasteiger partial charge in [-0.1, -0.05) is 37.2 Å². The maximum absolute atomic E-state index is 12.9. The summed E-state index contributed by atoms with van der Waals surface area (Å²) in [5, 5.41) is 13.8. The quantitative estimate of drug-likeness (QED) is 0.435. The van der Waals surface area contributed by atoms with Gasteiger partial charge in [-0.05, 0) is 36.8 Å². The van der Waals surface area contributed by atoms with Gasteiger partial charge in [0, 0.05) is 25.2 Å². The van der Waals surface area contributed by atoms with E-state index < -0.39 is 22.8 Å². The van der Waals surface area contributed by atoms with Crippen LogP contribution in [0, 0.1) is 5.92 Å². The number of aromatic nitrogens is 3. The van der Waals surface area contributed by atoms with E-state index in [-0.39, 0.29) is 5.69 Å². The van der Waals surface area contributed by atoms with Crippen LogP contribution in [-0.4, -0.2) is 33.6 Å². The van der Waals surface area contributed by atoms with E-state index in [0.29, 0.717) is 25.3 Å². The van der Waals surface area contributed by atoms with Crippen LogP contribution in [0.3, 0.4) is 0 Å². The van der Waals surface area contributed by atoms with E-state index in [1.807, 2.05) is 6.26 Å². The molecule has 2 aromatic rings. The molecule has 160 valence electrons. The molecule has 0 aliphatic heterocycles. The highest BCUT2D eigenvalue weighted by molar-refractivity contribution is 7.98. The van der Waals surface area contributed by atoms with Crippen LogP contribution in [0.15, 0.2) is 23.4 Å². The van der Waals surface area contributed by atoms with Gasteiger partial charge in [-0.25, -0.2) is 4.79 Å². The summed E-state index contributed by atoms with van der Waals surface area (Å²) in [5.41, 5.74) is -0.980. The molecule has 2 N–H and O–H groups in total. The third-order valence-corrected chi connectivity index (χ3v) is 4.91. The molecule has 0 atom stereocenters. The molecule has 1 aromatic carbocycles. The Balaban J connectivity index is 1.86. The first-order chi connectivity index (χ1) is 13.6. The average molecular weight is 450 g/mol. The molecule has 0 saturated heterocycles. The Morgan fingerprint density at radius 1 is 1.31 bits per heavy atom. The lowest BCUT2D eigenvalue weighted by Gasteiger charge is -2.13. The number of carbonyl (C=O) groups is 1. The van der Waals surface area contributed by atoms with Crippen molar-refractivity contribution >= 4 is 35.1 Å². The SMILES string of the molecule is CSc1nnc(CCCNC(=O)Nc2ccc(Cl)c(C(F)(F)F)c2)n1CC(C)C. The zero-order chi connectivity index (χ0) is 21.6. The van der Waals surface area contributed by atoms with Crippen molar-refractivity contribution in [3.05, 3.63) is 34.6 Å². The normalized spacial score (nSPS) is 11.7. The van der Waals surface area contributed by atoms with Gasteiger partial charge in [0.15, 0.2) is 5.16 Å². The number of urea groups is 1. The molecule has 1 aromatic heterocycles. The van der Waals surface area contributed by atoms with Gasteiger partial charge in [-0.15, -0.1) is 10.2 Å². The second-order valence-corrected chi connectivity index (χ2v) is 7.96. The second-order valence-electron chi connectivity index (χ2n) is 6.78. The predicted molar refractivity (Wildman–Crippen MR) is 108 cm³/mol. The van der Waals surface area contributed by atoms with Crippen molar-refractivity contribution in [2.24, 2.45) is 5.92 Å². The van der Waals surface area contributed by atoms with E-state index in [2.05, 4.69) is 39.2 Å². The van der Waals surface area contributed by atoms with Crippen LogP contribution in [-0.2, 0) is 19.1 Å². The van der Waals surface area contributed by atoms with E-state index in [1.165, 1.54) is 17.8 Å². The van der Waals surface area contributed by atoms with Crippen molar-refractivity contribution in [2.75, 3.05) is 18.1 Å². The summed E-state index contributed by atoms with van der Waals surface area (Å²) in [4.78, 5) is 12.0. The number of carbonyl (C=O) groups excluding carboxylic acids is 1. The topological polar surface area (TPSA) is 71.8 Å². The van der Waals surface area contributed by atoms with Crippen molar-refractivity contribution in [2.45, 2.75) is 44.6 Å². The molecule has 6 nitrogen and oxygen atoms in total. The summed E-state index contributed by atoms with van der Waals surface area (Å²) >= 11 is 7.10. The lowest BCUT2D eigenvalue weighted by Crippen LogP contribution is -2.30. The molecule has 0 fully saturated rings. The number of benzene rings is 1. The van der Waals surface area contributed by atoms with Crippen LogP contribution < -0.4 is 10.6 Å². The summed E-state index contributed by atoms with van der Waals surface area (Å²) in [6, 6.07) is 2.63.